The first-order valence-corrected chi connectivity index (χ1v) is 7.14. The Balaban J connectivity index is 2.43. The third-order valence-electron chi connectivity index (χ3n) is 3.19. The third-order valence-corrected chi connectivity index (χ3v) is 3.56. The zero-order valence-electron chi connectivity index (χ0n) is 12.9. The standard InChI is InChI=1S/C16H19ClFN3/c1-9-6-7-11(8-12(9)18)19-14-10(2)13(17)20-15(21-14)16(3,4)5/h6-8H,1-5H3,(H,19,20,21). The lowest BCUT2D eigenvalue weighted by Gasteiger charge is -2.19. The Bertz CT molecular complexity index is 678. The van der Waals surface area contributed by atoms with E-state index in [0.29, 0.717) is 28.0 Å². The number of anilines is 2. The molecule has 2 aromatic rings. The second-order valence-electron chi connectivity index (χ2n) is 6.15. The van der Waals surface area contributed by atoms with Crippen LogP contribution >= 0.6 is 11.6 Å². The van der Waals surface area contributed by atoms with Crippen LogP contribution in [0, 0.1) is 19.7 Å². The molecule has 0 bridgehead atoms. The van der Waals surface area contributed by atoms with Crippen LogP contribution in [-0.2, 0) is 5.41 Å². The fourth-order valence-corrected chi connectivity index (χ4v) is 1.92. The molecule has 0 saturated heterocycles. The van der Waals surface area contributed by atoms with Gasteiger partial charge in [0.25, 0.3) is 0 Å². The summed E-state index contributed by atoms with van der Waals surface area (Å²) in [4.78, 5) is 8.84. The van der Waals surface area contributed by atoms with Gasteiger partial charge in [-0.05, 0) is 31.5 Å². The Hall–Kier alpha value is -1.68. The summed E-state index contributed by atoms with van der Waals surface area (Å²) in [5, 5.41) is 3.53. The van der Waals surface area contributed by atoms with Crippen molar-refractivity contribution < 1.29 is 4.39 Å². The van der Waals surface area contributed by atoms with E-state index in [1.807, 2.05) is 33.8 Å². The lowest BCUT2D eigenvalue weighted by molar-refractivity contribution is 0.545. The van der Waals surface area contributed by atoms with E-state index < -0.39 is 0 Å². The molecule has 5 heteroatoms. The smallest absolute Gasteiger partial charge is 0.138 e. The fraction of sp³-hybridized carbons (Fsp3) is 0.375. The number of hydrogen-bond acceptors (Lipinski definition) is 3. The van der Waals surface area contributed by atoms with E-state index in [1.54, 1.807) is 13.0 Å². The lowest BCUT2D eigenvalue weighted by atomic mass is 9.95. The highest BCUT2D eigenvalue weighted by Crippen LogP contribution is 2.28. The fourth-order valence-electron chi connectivity index (χ4n) is 1.75. The Labute approximate surface area is 129 Å². The van der Waals surface area contributed by atoms with Crippen LogP contribution in [0.25, 0.3) is 0 Å². The van der Waals surface area contributed by atoms with Crippen LogP contribution in [0.4, 0.5) is 15.9 Å². The van der Waals surface area contributed by atoms with Crippen molar-refractivity contribution in [1.29, 1.82) is 0 Å². The van der Waals surface area contributed by atoms with Gasteiger partial charge < -0.3 is 5.32 Å². The molecule has 0 spiro atoms. The maximum Gasteiger partial charge on any atom is 0.138 e. The lowest BCUT2D eigenvalue weighted by Crippen LogP contribution is -2.17. The van der Waals surface area contributed by atoms with Crippen molar-refractivity contribution in [3.8, 4) is 0 Å². The molecule has 0 aliphatic heterocycles. The molecule has 0 atom stereocenters. The van der Waals surface area contributed by atoms with Crippen molar-refractivity contribution in [2.75, 3.05) is 5.32 Å². The average molecular weight is 308 g/mol. The molecule has 3 nitrogen and oxygen atoms in total. The molecule has 0 radical (unpaired) electrons. The van der Waals surface area contributed by atoms with E-state index in [0.717, 1.165) is 5.56 Å². The highest BCUT2D eigenvalue weighted by molar-refractivity contribution is 6.30. The topological polar surface area (TPSA) is 37.8 Å². The number of hydrogen-bond donors (Lipinski definition) is 1. The molecule has 0 fully saturated rings. The van der Waals surface area contributed by atoms with Gasteiger partial charge in [0.1, 0.15) is 22.6 Å². The minimum atomic E-state index is -0.256. The summed E-state index contributed by atoms with van der Waals surface area (Å²) < 4.78 is 13.6. The predicted octanol–water partition coefficient (Wildman–Crippen LogP) is 4.93. The van der Waals surface area contributed by atoms with E-state index >= 15 is 0 Å². The summed E-state index contributed by atoms with van der Waals surface area (Å²) in [7, 11) is 0. The highest BCUT2D eigenvalue weighted by atomic mass is 35.5. The molecule has 112 valence electrons. The molecule has 0 saturated carbocycles. The molecule has 0 unspecified atom stereocenters. The Kier molecular flexibility index (Phi) is 4.19. The summed E-state index contributed by atoms with van der Waals surface area (Å²) in [5.41, 5.74) is 1.77. The summed E-state index contributed by atoms with van der Waals surface area (Å²) >= 11 is 6.18. The van der Waals surface area contributed by atoms with Gasteiger partial charge >= 0.3 is 0 Å². The highest BCUT2D eigenvalue weighted by Gasteiger charge is 2.20. The van der Waals surface area contributed by atoms with Gasteiger partial charge in [-0.3, -0.25) is 0 Å². The normalized spacial score (nSPS) is 11.6. The van der Waals surface area contributed by atoms with Crippen LogP contribution in [0.5, 0.6) is 0 Å². The number of benzene rings is 1. The number of aryl methyl sites for hydroxylation is 1. The number of halogens is 2. The van der Waals surface area contributed by atoms with E-state index in [-0.39, 0.29) is 11.2 Å². The van der Waals surface area contributed by atoms with Gasteiger partial charge in [-0.2, -0.15) is 0 Å². The zero-order valence-corrected chi connectivity index (χ0v) is 13.6. The van der Waals surface area contributed by atoms with Crippen LogP contribution in [0.1, 0.15) is 37.7 Å². The first-order chi connectivity index (χ1) is 9.68. The number of aromatic nitrogens is 2. The molecular weight excluding hydrogens is 289 g/mol. The van der Waals surface area contributed by atoms with Crippen molar-refractivity contribution in [2.24, 2.45) is 0 Å². The van der Waals surface area contributed by atoms with Gasteiger partial charge in [0.2, 0.25) is 0 Å². The van der Waals surface area contributed by atoms with Gasteiger partial charge in [0, 0.05) is 16.7 Å². The van der Waals surface area contributed by atoms with Crippen LogP contribution in [0.3, 0.4) is 0 Å². The van der Waals surface area contributed by atoms with E-state index in [9.17, 15) is 4.39 Å². The third kappa shape index (κ3) is 3.50. The maximum atomic E-state index is 13.6. The first kappa shape index (κ1) is 15.7. The summed E-state index contributed by atoms with van der Waals surface area (Å²) in [6, 6.07) is 4.98. The Morgan fingerprint density at radius 1 is 1.14 bits per heavy atom. The second-order valence-corrected chi connectivity index (χ2v) is 6.51. The van der Waals surface area contributed by atoms with Gasteiger partial charge in [0.15, 0.2) is 0 Å². The minimum absolute atomic E-state index is 0.216. The quantitative estimate of drug-likeness (QED) is 0.800. The Morgan fingerprint density at radius 2 is 1.81 bits per heavy atom. The SMILES string of the molecule is Cc1ccc(Nc2nc(C(C)(C)C)nc(Cl)c2C)cc1F. The van der Waals surface area contributed by atoms with Gasteiger partial charge in [-0.15, -0.1) is 0 Å². The minimum Gasteiger partial charge on any atom is -0.340 e. The zero-order chi connectivity index (χ0) is 15.8. The second kappa shape index (κ2) is 5.60. The number of nitrogens with one attached hydrogen (secondary N) is 1. The molecule has 0 aliphatic carbocycles. The van der Waals surface area contributed by atoms with E-state index in [4.69, 9.17) is 11.6 Å². The average Bonchev–Trinajstić information content (AvgIpc) is 2.38. The maximum absolute atomic E-state index is 13.6. The van der Waals surface area contributed by atoms with E-state index in [2.05, 4.69) is 15.3 Å². The monoisotopic (exact) mass is 307 g/mol. The summed E-state index contributed by atoms with van der Waals surface area (Å²) in [6.45, 7) is 9.61. The number of nitrogens with zero attached hydrogens (tertiary/aromatic N) is 2. The molecule has 1 heterocycles. The molecule has 1 N–H and O–H groups in total. The van der Waals surface area contributed by atoms with Crippen molar-refractivity contribution >= 4 is 23.1 Å². The molecule has 1 aromatic carbocycles. The van der Waals surface area contributed by atoms with Crippen molar-refractivity contribution in [1.82, 2.24) is 9.97 Å². The van der Waals surface area contributed by atoms with E-state index in [1.165, 1.54) is 6.07 Å². The van der Waals surface area contributed by atoms with Crippen LogP contribution in [0.2, 0.25) is 5.15 Å². The van der Waals surface area contributed by atoms with Crippen molar-refractivity contribution in [3.05, 3.63) is 46.1 Å². The van der Waals surface area contributed by atoms with Gasteiger partial charge in [-0.1, -0.05) is 38.4 Å². The predicted molar refractivity (Wildman–Crippen MR) is 84.9 cm³/mol. The first-order valence-electron chi connectivity index (χ1n) is 6.76. The summed E-state index contributed by atoms with van der Waals surface area (Å²) in [5.74, 6) is 0.991. The van der Waals surface area contributed by atoms with Gasteiger partial charge in [0.05, 0.1) is 0 Å². The molecule has 21 heavy (non-hydrogen) atoms. The largest absolute Gasteiger partial charge is 0.340 e. The van der Waals surface area contributed by atoms with Crippen LogP contribution in [0.15, 0.2) is 18.2 Å². The molecule has 0 amide bonds. The Morgan fingerprint density at radius 3 is 2.38 bits per heavy atom. The molecular formula is C16H19ClFN3. The van der Waals surface area contributed by atoms with Gasteiger partial charge in [-0.25, -0.2) is 14.4 Å². The summed E-state index contributed by atoms with van der Waals surface area (Å²) in [6.07, 6.45) is 0. The van der Waals surface area contributed by atoms with Crippen molar-refractivity contribution in [2.45, 2.75) is 40.0 Å². The number of rotatable bonds is 2. The van der Waals surface area contributed by atoms with Crippen LogP contribution in [-0.4, -0.2) is 9.97 Å². The molecule has 2 rings (SSSR count). The molecule has 1 aromatic heterocycles. The molecule has 0 aliphatic rings. The van der Waals surface area contributed by atoms with Crippen LogP contribution < -0.4 is 5.32 Å². The van der Waals surface area contributed by atoms with Crippen molar-refractivity contribution in [3.63, 3.8) is 0 Å².